The molecule has 8 aromatic carbocycles. The minimum absolute atomic E-state index is 0.522. The molecule has 6 heteroatoms. The van der Waals surface area contributed by atoms with Crippen LogP contribution in [0.15, 0.2) is 191 Å². The molecule has 12 rings (SSSR count). The topological polar surface area (TPSA) is 69.9 Å². The van der Waals surface area contributed by atoms with Gasteiger partial charge in [0.15, 0.2) is 17.5 Å². The lowest BCUT2D eigenvalue weighted by Gasteiger charge is -2.11. The summed E-state index contributed by atoms with van der Waals surface area (Å²) in [6.45, 7) is 0. The highest BCUT2D eigenvalue weighted by molar-refractivity contribution is 6.15. The van der Waals surface area contributed by atoms with Crippen LogP contribution in [0.4, 0.5) is 0 Å². The van der Waals surface area contributed by atoms with Crippen molar-refractivity contribution < 1.29 is 8.83 Å². The van der Waals surface area contributed by atoms with Gasteiger partial charge in [0.25, 0.3) is 0 Å². The van der Waals surface area contributed by atoms with Crippen molar-refractivity contribution in [3.05, 3.63) is 182 Å². The van der Waals surface area contributed by atoms with E-state index in [-0.39, 0.29) is 0 Å². The Morgan fingerprint density at radius 3 is 1.63 bits per heavy atom. The van der Waals surface area contributed by atoms with Gasteiger partial charge in [0.1, 0.15) is 22.3 Å². The second-order valence-electron chi connectivity index (χ2n) is 14.3. The molecule has 0 saturated heterocycles. The number of fused-ring (bicyclic) bond motifs is 9. The van der Waals surface area contributed by atoms with E-state index in [4.69, 9.17) is 23.8 Å². The van der Waals surface area contributed by atoms with Gasteiger partial charge in [-0.2, -0.15) is 0 Å². The summed E-state index contributed by atoms with van der Waals surface area (Å²) in [5.74, 6) is 1.62. The largest absolute Gasteiger partial charge is 0.455 e. The van der Waals surface area contributed by atoms with Gasteiger partial charge < -0.3 is 13.4 Å². The third-order valence-corrected chi connectivity index (χ3v) is 11.1. The maximum absolute atomic E-state index is 6.86. The number of nitrogens with zero attached hydrogens (tertiary/aromatic N) is 4. The van der Waals surface area contributed by atoms with Crippen LogP contribution in [0.1, 0.15) is 0 Å². The lowest BCUT2D eigenvalue weighted by molar-refractivity contribution is 0.669. The van der Waals surface area contributed by atoms with E-state index in [2.05, 4.69) is 114 Å². The molecule has 12 aromatic rings. The SMILES string of the molecule is c1ccc(-c2nc(-c3cccc4c3oc3ccccc34)nc(-c3cccc4c3oc3cc(-c5cccc6c7ccccc7n(-c7ccccc7)c56)ccc34)n2)cc1. The molecule has 0 aliphatic heterocycles. The van der Waals surface area contributed by atoms with E-state index in [0.29, 0.717) is 17.5 Å². The van der Waals surface area contributed by atoms with E-state index in [9.17, 15) is 0 Å². The Morgan fingerprint density at radius 1 is 0.351 bits per heavy atom. The second kappa shape index (κ2) is 12.3. The van der Waals surface area contributed by atoms with Crippen LogP contribution in [0.5, 0.6) is 0 Å². The van der Waals surface area contributed by atoms with E-state index in [1.807, 2.05) is 72.8 Å². The maximum atomic E-state index is 6.86. The molecule has 0 atom stereocenters. The predicted molar refractivity (Wildman–Crippen MR) is 230 cm³/mol. The van der Waals surface area contributed by atoms with E-state index >= 15 is 0 Å². The number of aromatic nitrogens is 4. The van der Waals surface area contributed by atoms with Crippen molar-refractivity contribution in [1.29, 1.82) is 0 Å². The highest BCUT2D eigenvalue weighted by Gasteiger charge is 2.22. The van der Waals surface area contributed by atoms with Gasteiger partial charge in [-0.1, -0.05) is 133 Å². The summed E-state index contributed by atoms with van der Waals surface area (Å²) in [5, 5.41) is 6.51. The average Bonchev–Trinajstić information content (AvgIpc) is 3.96. The molecule has 0 amide bonds. The van der Waals surface area contributed by atoms with Gasteiger partial charge in [-0.15, -0.1) is 0 Å². The smallest absolute Gasteiger partial charge is 0.167 e. The number of furan rings is 2. The van der Waals surface area contributed by atoms with Crippen molar-refractivity contribution in [2.24, 2.45) is 0 Å². The van der Waals surface area contributed by atoms with Gasteiger partial charge in [0, 0.05) is 49.1 Å². The number of hydrogen-bond donors (Lipinski definition) is 0. The molecular formula is C51H30N4O2. The first-order valence-electron chi connectivity index (χ1n) is 19.0. The van der Waals surface area contributed by atoms with Crippen LogP contribution >= 0.6 is 0 Å². The molecule has 0 fully saturated rings. The summed E-state index contributed by atoms with van der Waals surface area (Å²) in [6, 6.07) is 62.7. The third-order valence-electron chi connectivity index (χ3n) is 11.1. The molecule has 4 aromatic heterocycles. The van der Waals surface area contributed by atoms with Crippen molar-refractivity contribution in [2.45, 2.75) is 0 Å². The molecule has 4 heterocycles. The third kappa shape index (κ3) is 4.87. The summed E-state index contributed by atoms with van der Waals surface area (Å²) in [5.41, 5.74) is 11.2. The van der Waals surface area contributed by atoms with Crippen molar-refractivity contribution in [1.82, 2.24) is 19.5 Å². The van der Waals surface area contributed by atoms with E-state index in [1.165, 1.54) is 16.3 Å². The standard InChI is InChI=1S/C51H30N4O2/c1-3-14-31(15-4-1)49-52-50(41-24-12-22-39-36-19-8-10-27-44(36)56-47(39)41)54-51(53-49)42-25-13-23-40-37-29-28-32(30-45(37)57-48(40)42)34-20-11-21-38-35-18-7-9-26-43(35)55(46(34)38)33-16-5-2-6-17-33/h1-30H. The molecule has 0 saturated carbocycles. The summed E-state index contributed by atoms with van der Waals surface area (Å²) < 4.78 is 15.7. The van der Waals surface area contributed by atoms with Gasteiger partial charge in [-0.3, -0.25) is 0 Å². The second-order valence-corrected chi connectivity index (χ2v) is 14.3. The van der Waals surface area contributed by atoms with Crippen molar-refractivity contribution >= 4 is 65.7 Å². The summed E-state index contributed by atoms with van der Waals surface area (Å²) in [6.07, 6.45) is 0. The van der Waals surface area contributed by atoms with Crippen molar-refractivity contribution in [3.63, 3.8) is 0 Å². The number of para-hydroxylation sites is 6. The number of rotatable bonds is 5. The number of benzene rings is 8. The summed E-state index contributed by atoms with van der Waals surface area (Å²) >= 11 is 0. The lowest BCUT2D eigenvalue weighted by Crippen LogP contribution is -2.00. The molecule has 57 heavy (non-hydrogen) atoms. The van der Waals surface area contributed by atoms with Crippen LogP contribution in [0.3, 0.4) is 0 Å². The predicted octanol–water partition coefficient (Wildman–Crippen LogP) is 13.4. The highest BCUT2D eigenvalue weighted by Crippen LogP contribution is 2.42. The quantitative estimate of drug-likeness (QED) is 0.176. The van der Waals surface area contributed by atoms with E-state index < -0.39 is 0 Å². The van der Waals surface area contributed by atoms with Crippen LogP contribution in [-0.2, 0) is 0 Å². The zero-order chi connectivity index (χ0) is 37.5. The Bertz CT molecular complexity index is 3530. The lowest BCUT2D eigenvalue weighted by atomic mass is 10.00. The minimum Gasteiger partial charge on any atom is -0.455 e. The fraction of sp³-hybridized carbons (Fsp3) is 0. The van der Waals surface area contributed by atoms with Crippen molar-refractivity contribution in [2.75, 3.05) is 0 Å². The normalized spacial score (nSPS) is 11.9. The highest BCUT2D eigenvalue weighted by atomic mass is 16.3. The Balaban J connectivity index is 1.06. The zero-order valence-corrected chi connectivity index (χ0v) is 30.4. The Kier molecular flexibility index (Phi) is 6.83. The summed E-state index contributed by atoms with van der Waals surface area (Å²) in [7, 11) is 0. The zero-order valence-electron chi connectivity index (χ0n) is 30.4. The molecule has 0 spiro atoms. The van der Waals surface area contributed by atoms with E-state index in [0.717, 1.165) is 82.9 Å². The summed E-state index contributed by atoms with van der Waals surface area (Å²) in [4.78, 5) is 15.3. The Morgan fingerprint density at radius 2 is 0.895 bits per heavy atom. The van der Waals surface area contributed by atoms with Gasteiger partial charge in [-0.05, 0) is 54.1 Å². The first kappa shape index (κ1) is 31.5. The van der Waals surface area contributed by atoms with Crippen LogP contribution in [-0.4, -0.2) is 19.5 Å². The van der Waals surface area contributed by atoms with Crippen LogP contribution < -0.4 is 0 Å². The van der Waals surface area contributed by atoms with Crippen molar-refractivity contribution in [3.8, 4) is 51.0 Å². The average molecular weight is 731 g/mol. The van der Waals surface area contributed by atoms with Gasteiger partial charge in [0.05, 0.1) is 22.2 Å². The molecule has 0 unspecified atom stereocenters. The van der Waals surface area contributed by atoms with Crippen LogP contribution in [0, 0.1) is 0 Å². The van der Waals surface area contributed by atoms with E-state index in [1.54, 1.807) is 0 Å². The molecule has 6 nitrogen and oxygen atoms in total. The molecular weight excluding hydrogens is 701 g/mol. The molecule has 0 aliphatic rings. The molecule has 0 radical (unpaired) electrons. The monoisotopic (exact) mass is 730 g/mol. The van der Waals surface area contributed by atoms with Crippen LogP contribution in [0.25, 0.3) is 117 Å². The molecule has 266 valence electrons. The van der Waals surface area contributed by atoms with Gasteiger partial charge in [-0.25, -0.2) is 15.0 Å². The molecule has 0 bridgehead atoms. The molecule has 0 N–H and O–H groups in total. The Hall–Kier alpha value is -7.83. The first-order chi connectivity index (χ1) is 28.3. The Labute approximate surface area is 325 Å². The molecule has 0 aliphatic carbocycles. The van der Waals surface area contributed by atoms with Gasteiger partial charge >= 0.3 is 0 Å². The first-order valence-corrected chi connectivity index (χ1v) is 19.0. The maximum Gasteiger partial charge on any atom is 0.167 e. The van der Waals surface area contributed by atoms with Gasteiger partial charge in [0.2, 0.25) is 0 Å². The minimum atomic E-state index is 0.522. The van der Waals surface area contributed by atoms with Crippen LogP contribution in [0.2, 0.25) is 0 Å². The fourth-order valence-corrected chi connectivity index (χ4v) is 8.50. The fourth-order valence-electron chi connectivity index (χ4n) is 8.50. The number of hydrogen-bond acceptors (Lipinski definition) is 5.